The van der Waals surface area contributed by atoms with Gasteiger partial charge in [0.15, 0.2) is 0 Å². The molecule has 0 aliphatic heterocycles. The van der Waals surface area contributed by atoms with Crippen LogP contribution in [0.5, 0.6) is 0 Å². The van der Waals surface area contributed by atoms with Crippen LogP contribution in [0.2, 0.25) is 0 Å². The van der Waals surface area contributed by atoms with E-state index in [4.69, 9.17) is 0 Å². The summed E-state index contributed by atoms with van der Waals surface area (Å²) in [4.78, 5) is 20.9. The third kappa shape index (κ3) is 3.69. The van der Waals surface area contributed by atoms with Gasteiger partial charge in [0, 0.05) is 18.3 Å². The number of carbonyl (C=O) groups excluding carboxylic acids is 1. The Bertz CT molecular complexity index is 710. The van der Waals surface area contributed by atoms with Crippen molar-refractivity contribution in [2.24, 2.45) is 0 Å². The topological polar surface area (TPSA) is 66.9 Å². The SMILES string of the molecule is C=CCNc1cc(C(=O)Nc2cccc(C)c2C)nc(C)n1. The first-order valence-electron chi connectivity index (χ1n) is 7.09. The number of benzene rings is 1. The van der Waals surface area contributed by atoms with Crippen molar-refractivity contribution in [2.75, 3.05) is 17.2 Å². The Morgan fingerprint density at radius 3 is 2.77 bits per heavy atom. The molecular weight excluding hydrogens is 276 g/mol. The largest absolute Gasteiger partial charge is 0.366 e. The summed E-state index contributed by atoms with van der Waals surface area (Å²) in [6.45, 7) is 9.97. The van der Waals surface area contributed by atoms with Crippen LogP contribution in [0.1, 0.15) is 27.4 Å². The van der Waals surface area contributed by atoms with Crippen LogP contribution in [0.4, 0.5) is 11.5 Å². The highest BCUT2D eigenvalue weighted by Crippen LogP contribution is 2.19. The van der Waals surface area contributed by atoms with Gasteiger partial charge in [-0.3, -0.25) is 4.79 Å². The molecule has 2 rings (SSSR count). The number of hydrogen-bond donors (Lipinski definition) is 2. The molecule has 1 heterocycles. The molecule has 2 aromatic rings. The number of rotatable bonds is 5. The molecule has 1 amide bonds. The molecule has 0 radical (unpaired) electrons. The van der Waals surface area contributed by atoms with Crippen molar-refractivity contribution in [1.29, 1.82) is 0 Å². The van der Waals surface area contributed by atoms with Crippen molar-refractivity contribution in [2.45, 2.75) is 20.8 Å². The smallest absolute Gasteiger partial charge is 0.274 e. The van der Waals surface area contributed by atoms with Gasteiger partial charge in [0.2, 0.25) is 0 Å². The summed E-state index contributed by atoms with van der Waals surface area (Å²) in [5.74, 6) is 0.902. The van der Waals surface area contributed by atoms with Gasteiger partial charge in [-0.05, 0) is 38.0 Å². The number of aryl methyl sites for hydroxylation is 2. The number of carbonyl (C=O) groups is 1. The normalized spacial score (nSPS) is 10.1. The molecule has 22 heavy (non-hydrogen) atoms. The summed E-state index contributed by atoms with van der Waals surface area (Å²) in [5, 5.41) is 5.97. The van der Waals surface area contributed by atoms with Gasteiger partial charge < -0.3 is 10.6 Å². The van der Waals surface area contributed by atoms with E-state index in [1.807, 2.05) is 32.0 Å². The number of anilines is 2. The molecule has 0 aliphatic carbocycles. The van der Waals surface area contributed by atoms with Crippen molar-refractivity contribution in [1.82, 2.24) is 9.97 Å². The molecule has 0 fully saturated rings. The Labute approximate surface area is 130 Å². The number of amides is 1. The lowest BCUT2D eigenvalue weighted by molar-refractivity contribution is 0.102. The second kappa shape index (κ2) is 6.85. The predicted molar refractivity (Wildman–Crippen MR) is 89.3 cm³/mol. The van der Waals surface area contributed by atoms with Crippen molar-refractivity contribution in [3.63, 3.8) is 0 Å². The van der Waals surface area contributed by atoms with E-state index in [9.17, 15) is 4.79 Å². The van der Waals surface area contributed by atoms with Gasteiger partial charge in [0.1, 0.15) is 17.3 Å². The average Bonchev–Trinajstić information content (AvgIpc) is 2.49. The molecule has 5 heteroatoms. The second-order valence-electron chi connectivity index (χ2n) is 5.06. The fraction of sp³-hybridized carbons (Fsp3) is 0.235. The van der Waals surface area contributed by atoms with Crippen LogP contribution >= 0.6 is 0 Å². The van der Waals surface area contributed by atoms with Gasteiger partial charge in [-0.1, -0.05) is 18.2 Å². The maximum atomic E-state index is 12.4. The predicted octanol–water partition coefficient (Wildman–Crippen LogP) is 3.25. The average molecular weight is 296 g/mol. The van der Waals surface area contributed by atoms with Crippen LogP contribution in [0.15, 0.2) is 36.9 Å². The molecule has 0 saturated heterocycles. The lowest BCUT2D eigenvalue weighted by Gasteiger charge is -2.11. The molecule has 0 bridgehead atoms. The van der Waals surface area contributed by atoms with E-state index >= 15 is 0 Å². The molecule has 5 nitrogen and oxygen atoms in total. The van der Waals surface area contributed by atoms with Crippen LogP contribution < -0.4 is 10.6 Å². The van der Waals surface area contributed by atoms with E-state index in [0.29, 0.717) is 23.9 Å². The summed E-state index contributed by atoms with van der Waals surface area (Å²) in [6.07, 6.45) is 1.73. The van der Waals surface area contributed by atoms with Gasteiger partial charge in [0.05, 0.1) is 0 Å². The quantitative estimate of drug-likeness (QED) is 0.831. The second-order valence-corrected chi connectivity index (χ2v) is 5.06. The minimum atomic E-state index is -0.249. The third-order valence-corrected chi connectivity index (χ3v) is 3.35. The van der Waals surface area contributed by atoms with Gasteiger partial charge in [-0.2, -0.15) is 0 Å². The molecule has 0 spiro atoms. The Morgan fingerprint density at radius 2 is 2.05 bits per heavy atom. The molecule has 0 atom stereocenters. The highest BCUT2D eigenvalue weighted by molar-refractivity contribution is 6.03. The molecule has 0 unspecified atom stereocenters. The Morgan fingerprint density at radius 1 is 1.27 bits per heavy atom. The lowest BCUT2D eigenvalue weighted by atomic mass is 10.1. The minimum absolute atomic E-state index is 0.249. The zero-order valence-corrected chi connectivity index (χ0v) is 13.1. The van der Waals surface area contributed by atoms with E-state index < -0.39 is 0 Å². The zero-order valence-electron chi connectivity index (χ0n) is 13.1. The van der Waals surface area contributed by atoms with Crippen LogP contribution in [0.3, 0.4) is 0 Å². The van der Waals surface area contributed by atoms with Gasteiger partial charge >= 0.3 is 0 Å². The summed E-state index contributed by atoms with van der Waals surface area (Å²) < 4.78 is 0. The lowest BCUT2D eigenvalue weighted by Crippen LogP contribution is -2.16. The molecule has 1 aromatic heterocycles. The fourth-order valence-corrected chi connectivity index (χ4v) is 2.02. The van der Waals surface area contributed by atoms with Crippen LogP contribution in [-0.4, -0.2) is 22.4 Å². The van der Waals surface area contributed by atoms with Crippen molar-refractivity contribution < 1.29 is 4.79 Å². The van der Waals surface area contributed by atoms with E-state index in [-0.39, 0.29) is 5.91 Å². The third-order valence-electron chi connectivity index (χ3n) is 3.35. The van der Waals surface area contributed by atoms with E-state index in [1.165, 1.54) is 0 Å². The monoisotopic (exact) mass is 296 g/mol. The molecule has 0 aliphatic rings. The summed E-state index contributed by atoms with van der Waals surface area (Å²) in [5.41, 5.74) is 3.30. The first-order valence-corrected chi connectivity index (χ1v) is 7.09. The zero-order chi connectivity index (χ0) is 16.1. The molecular formula is C17H20N4O. The first-order chi connectivity index (χ1) is 10.5. The highest BCUT2D eigenvalue weighted by Gasteiger charge is 2.12. The van der Waals surface area contributed by atoms with Gasteiger partial charge in [0.25, 0.3) is 5.91 Å². The number of hydrogen-bond acceptors (Lipinski definition) is 4. The Balaban J connectivity index is 2.23. The van der Waals surface area contributed by atoms with Gasteiger partial charge in [-0.25, -0.2) is 9.97 Å². The summed E-state index contributed by atoms with van der Waals surface area (Å²) >= 11 is 0. The van der Waals surface area contributed by atoms with Crippen LogP contribution in [0.25, 0.3) is 0 Å². The molecule has 2 N–H and O–H groups in total. The first kappa shape index (κ1) is 15.7. The molecule has 114 valence electrons. The van der Waals surface area contributed by atoms with E-state index in [1.54, 1.807) is 19.1 Å². The number of nitrogens with one attached hydrogen (secondary N) is 2. The van der Waals surface area contributed by atoms with Crippen molar-refractivity contribution >= 4 is 17.4 Å². The standard InChI is InChI=1S/C17H20N4O/c1-5-9-18-16-10-15(19-13(4)20-16)17(22)21-14-8-6-7-11(2)12(14)3/h5-8,10H,1,9H2,2-4H3,(H,21,22)(H,18,19,20). The van der Waals surface area contributed by atoms with E-state index in [2.05, 4.69) is 27.2 Å². The minimum Gasteiger partial charge on any atom is -0.366 e. The van der Waals surface area contributed by atoms with Gasteiger partial charge in [-0.15, -0.1) is 6.58 Å². The Hall–Kier alpha value is -2.69. The number of aromatic nitrogens is 2. The van der Waals surface area contributed by atoms with Crippen LogP contribution in [-0.2, 0) is 0 Å². The van der Waals surface area contributed by atoms with E-state index in [0.717, 1.165) is 16.8 Å². The Kier molecular flexibility index (Phi) is 4.88. The summed E-state index contributed by atoms with van der Waals surface area (Å²) in [7, 11) is 0. The van der Waals surface area contributed by atoms with Crippen LogP contribution in [0, 0.1) is 20.8 Å². The summed E-state index contributed by atoms with van der Waals surface area (Å²) in [6, 6.07) is 7.44. The molecule has 0 saturated carbocycles. The van der Waals surface area contributed by atoms with Crippen molar-refractivity contribution in [3.8, 4) is 0 Å². The molecule has 1 aromatic carbocycles. The maximum absolute atomic E-state index is 12.4. The highest BCUT2D eigenvalue weighted by atomic mass is 16.1. The number of nitrogens with zero attached hydrogens (tertiary/aromatic N) is 2. The fourth-order valence-electron chi connectivity index (χ4n) is 2.02. The maximum Gasteiger partial charge on any atom is 0.274 e. The van der Waals surface area contributed by atoms with Crippen molar-refractivity contribution in [3.05, 3.63) is 59.6 Å².